The highest BCUT2D eigenvalue weighted by molar-refractivity contribution is 7.89. The number of amides is 1. The zero-order valence-electron chi connectivity index (χ0n) is 19.7. The van der Waals surface area contributed by atoms with Gasteiger partial charge in [-0.3, -0.25) is 4.79 Å². The molecule has 0 bridgehead atoms. The van der Waals surface area contributed by atoms with Crippen LogP contribution < -0.4 is 0 Å². The van der Waals surface area contributed by atoms with Crippen molar-refractivity contribution in [2.75, 3.05) is 46.5 Å². The third kappa shape index (κ3) is 5.13. The van der Waals surface area contributed by atoms with Gasteiger partial charge in [0.05, 0.1) is 17.1 Å². The van der Waals surface area contributed by atoms with E-state index in [1.54, 1.807) is 37.8 Å². The molecule has 1 aromatic carbocycles. The van der Waals surface area contributed by atoms with Gasteiger partial charge < -0.3 is 19.4 Å². The van der Waals surface area contributed by atoms with Gasteiger partial charge in [-0.25, -0.2) is 13.2 Å². The molecule has 180 valence electrons. The van der Waals surface area contributed by atoms with Crippen molar-refractivity contribution in [1.82, 2.24) is 14.2 Å². The Bertz CT molecular complexity index is 1150. The minimum Gasteiger partial charge on any atom is -0.460 e. The molecule has 1 aliphatic rings. The number of ether oxygens (including phenoxy) is 2. The van der Waals surface area contributed by atoms with Crippen molar-refractivity contribution < 1.29 is 27.5 Å². The second kappa shape index (κ2) is 10.1. The van der Waals surface area contributed by atoms with Crippen LogP contribution in [0.15, 0.2) is 23.1 Å². The van der Waals surface area contributed by atoms with Crippen molar-refractivity contribution in [3.8, 4) is 0 Å². The van der Waals surface area contributed by atoms with Crippen LogP contribution in [0, 0.1) is 27.7 Å². The number of esters is 1. The molecular weight excluding hydrogens is 446 g/mol. The van der Waals surface area contributed by atoms with E-state index >= 15 is 0 Å². The summed E-state index contributed by atoms with van der Waals surface area (Å²) >= 11 is 0. The maximum atomic E-state index is 13.1. The van der Waals surface area contributed by atoms with Crippen LogP contribution in [0.1, 0.15) is 43.2 Å². The van der Waals surface area contributed by atoms with Crippen LogP contribution in [-0.2, 0) is 19.5 Å². The van der Waals surface area contributed by atoms with Gasteiger partial charge in [0.15, 0.2) is 0 Å². The Morgan fingerprint density at radius 2 is 1.70 bits per heavy atom. The van der Waals surface area contributed by atoms with E-state index in [1.807, 2.05) is 13.0 Å². The molecule has 0 unspecified atom stereocenters. The Balaban J connectivity index is 1.71. The lowest BCUT2D eigenvalue weighted by Gasteiger charge is -2.34. The van der Waals surface area contributed by atoms with Gasteiger partial charge >= 0.3 is 5.97 Å². The molecule has 2 aromatic rings. The summed E-state index contributed by atoms with van der Waals surface area (Å²) in [6.45, 7) is 8.45. The lowest BCUT2D eigenvalue weighted by atomic mass is 10.1. The molecule has 0 aliphatic carbocycles. The molecule has 3 rings (SSSR count). The number of nitrogens with zero attached hydrogens (tertiary/aromatic N) is 2. The molecule has 33 heavy (non-hydrogen) atoms. The largest absolute Gasteiger partial charge is 0.460 e. The predicted octanol–water partition coefficient (Wildman–Crippen LogP) is 2.20. The average molecular weight is 478 g/mol. The second-order valence-corrected chi connectivity index (χ2v) is 10.1. The van der Waals surface area contributed by atoms with Gasteiger partial charge in [-0.15, -0.1) is 0 Å². The first-order valence-electron chi connectivity index (χ1n) is 10.8. The fourth-order valence-electron chi connectivity index (χ4n) is 4.08. The molecule has 10 heteroatoms. The molecule has 1 N–H and O–H groups in total. The molecule has 1 aliphatic heterocycles. The quantitative estimate of drug-likeness (QED) is 0.484. The first-order chi connectivity index (χ1) is 15.6. The van der Waals surface area contributed by atoms with Crippen LogP contribution in [0.25, 0.3) is 0 Å². The van der Waals surface area contributed by atoms with E-state index in [0.717, 1.165) is 5.56 Å². The second-order valence-electron chi connectivity index (χ2n) is 8.22. The minimum absolute atomic E-state index is 0.125. The van der Waals surface area contributed by atoms with Crippen LogP contribution >= 0.6 is 0 Å². The number of rotatable bonds is 7. The van der Waals surface area contributed by atoms with E-state index in [2.05, 4.69) is 4.98 Å². The van der Waals surface area contributed by atoms with Gasteiger partial charge in [-0.1, -0.05) is 17.7 Å². The molecule has 0 spiro atoms. The molecule has 1 aromatic heterocycles. The SMILES string of the molecule is COCCOC(=O)c1c(C)[nH]c(C(=O)N2CCN(S(=O)(=O)c3ccc(C)cc3C)CC2)c1C. The Morgan fingerprint density at radius 1 is 1.03 bits per heavy atom. The predicted molar refractivity (Wildman–Crippen MR) is 123 cm³/mol. The molecule has 2 heterocycles. The Labute approximate surface area is 194 Å². The van der Waals surface area contributed by atoms with E-state index in [-0.39, 0.29) is 45.3 Å². The standard InChI is InChI=1S/C23H31N3O6S/c1-15-6-7-19(16(2)14-15)33(29,30)26-10-8-25(9-11-26)22(27)21-17(3)20(18(4)24-21)23(28)32-13-12-31-5/h6-7,14,24H,8-13H2,1-5H3. The Morgan fingerprint density at radius 3 is 2.30 bits per heavy atom. The van der Waals surface area contributed by atoms with Crippen molar-refractivity contribution in [2.45, 2.75) is 32.6 Å². The third-order valence-electron chi connectivity index (χ3n) is 5.85. The summed E-state index contributed by atoms with van der Waals surface area (Å²) in [5.41, 5.74) is 3.43. The monoisotopic (exact) mass is 477 g/mol. The van der Waals surface area contributed by atoms with Gasteiger partial charge in [0, 0.05) is 39.0 Å². The number of hydrogen-bond acceptors (Lipinski definition) is 6. The van der Waals surface area contributed by atoms with E-state index in [4.69, 9.17) is 9.47 Å². The molecule has 9 nitrogen and oxygen atoms in total. The number of carbonyl (C=O) groups is 2. The number of methoxy groups -OCH3 is 1. The van der Waals surface area contributed by atoms with E-state index in [1.165, 1.54) is 11.4 Å². The fraction of sp³-hybridized carbons (Fsp3) is 0.478. The number of carbonyl (C=O) groups excluding carboxylic acids is 2. The molecule has 1 amide bonds. The maximum absolute atomic E-state index is 13.1. The summed E-state index contributed by atoms with van der Waals surface area (Å²) in [5.74, 6) is -0.781. The van der Waals surface area contributed by atoms with Gasteiger partial charge in [0.25, 0.3) is 5.91 Å². The molecule has 0 radical (unpaired) electrons. The van der Waals surface area contributed by atoms with Crippen molar-refractivity contribution in [3.05, 3.63) is 51.8 Å². The van der Waals surface area contributed by atoms with Crippen molar-refractivity contribution in [1.29, 1.82) is 0 Å². The lowest BCUT2D eigenvalue weighted by molar-refractivity contribution is 0.0386. The normalized spacial score (nSPS) is 15.0. The highest BCUT2D eigenvalue weighted by Gasteiger charge is 2.33. The first kappa shape index (κ1) is 24.9. The summed E-state index contributed by atoms with van der Waals surface area (Å²) < 4.78 is 37.7. The van der Waals surface area contributed by atoms with Crippen molar-refractivity contribution in [2.24, 2.45) is 0 Å². The number of H-pyrrole nitrogens is 1. The van der Waals surface area contributed by atoms with Crippen LogP contribution in [0.4, 0.5) is 0 Å². The summed E-state index contributed by atoms with van der Waals surface area (Å²) in [4.78, 5) is 30.5. The van der Waals surface area contributed by atoms with E-state index in [9.17, 15) is 18.0 Å². The molecular formula is C23H31N3O6S. The van der Waals surface area contributed by atoms with Crippen LogP contribution in [0.5, 0.6) is 0 Å². The van der Waals surface area contributed by atoms with Gasteiger partial charge in [-0.2, -0.15) is 4.31 Å². The summed E-state index contributed by atoms with van der Waals surface area (Å²) in [5, 5.41) is 0. The summed E-state index contributed by atoms with van der Waals surface area (Å²) in [7, 11) is -2.12. The number of piperazine rings is 1. The van der Waals surface area contributed by atoms with Gasteiger partial charge in [-0.05, 0) is 44.9 Å². The highest BCUT2D eigenvalue weighted by Crippen LogP contribution is 2.24. The first-order valence-corrected chi connectivity index (χ1v) is 12.2. The van der Waals surface area contributed by atoms with Crippen LogP contribution in [-0.4, -0.2) is 81.0 Å². The topological polar surface area (TPSA) is 109 Å². The Kier molecular flexibility index (Phi) is 7.61. The van der Waals surface area contributed by atoms with Crippen molar-refractivity contribution in [3.63, 3.8) is 0 Å². The maximum Gasteiger partial charge on any atom is 0.340 e. The van der Waals surface area contributed by atoms with Gasteiger partial charge in [0.1, 0.15) is 12.3 Å². The number of benzene rings is 1. The van der Waals surface area contributed by atoms with Crippen LogP contribution in [0.3, 0.4) is 0 Å². The number of hydrogen-bond donors (Lipinski definition) is 1. The smallest absolute Gasteiger partial charge is 0.340 e. The minimum atomic E-state index is -3.64. The molecule has 0 atom stereocenters. The number of aromatic nitrogens is 1. The van der Waals surface area contributed by atoms with E-state index < -0.39 is 16.0 Å². The lowest BCUT2D eigenvalue weighted by Crippen LogP contribution is -2.50. The fourth-order valence-corrected chi connectivity index (χ4v) is 5.71. The third-order valence-corrected chi connectivity index (χ3v) is 7.91. The highest BCUT2D eigenvalue weighted by atomic mass is 32.2. The molecule has 0 saturated carbocycles. The van der Waals surface area contributed by atoms with Crippen molar-refractivity contribution >= 4 is 21.9 Å². The zero-order chi connectivity index (χ0) is 24.3. The Hall–Kier alpha value is -2.69. The van der Waals surface area contributed by atoms with Crippen LogP contribution in [0.2, 0.25) is 0 Å². The number of nitrogens with one attached hydrogen (secondary N) is 1. The number of sulfonamides is 1. The number of aromatic amines is 1. The molecule has 1 fully saturated rings. The van der Waals surface area contributed by atoms with Gasteiger partial charge in [0.2, 0.25) is 10.0 Å². The molecule has 1 saturated heterocycles. The average Bonchev–Trinajstić information content (AvgIpc) is 3.07. The summed E-state index contributed by atoms with van der Waals surface area (Å²) in [6, 6.07) is 5.27. The summed E-state index contributed by atoms with van der Waals surface area (Å²) in [6.07, 6.45) is 0. The number of aryl methyl sites for hydroxylation is 3. The van der Waals surface area contributed by atoms with E-state index in [0.29, 0.717) is 33.0 Å². The zero-order valence-corrected chi connectivity index (χ0v) is 20.5.